The Balaban J connectivity index is 1.56. The van der Waals surface area contributed by atoms with Crippen LogP contribution >= 0.6 is 0 Å². The molecule has 0 bridgehead atoms. The normalized spacial score (nSPS) is 16.8. The number of alkyl halides is 3. The minimum absolute atomic E-state index is 0.121. The van der Waals surface area contributed by atoms with E-state index in [-0.39, 0.29) is 30.6 Å². The van der Waals surface area contributed by atoms with Crippen LogP contribution in [0, 0.1) is 6.92 Å². The summed E-state index contributed by atoms with van der Waals surface area (Å²) in [7, 11) is 1.47. The Kier molecular flexibility index (Phi) is 7.59. The predicted molar refractivity (Wildman–Crippen MR) is 139 cm³/mol. The molecule has 0 N–H and O–H groups in total. The molecule has 1 saturated heterocycles. The Hall–Kier alpha value is -3.50. The monoisotopic (exact) mass is 545 g/mol. The first-order valence-corrected chi connectivity index (χ1v) is 12.8. The van der Waals surface area contributed by atoms with Crippen molar-refractivity contribution in [3.63, 3.8) is 0 Å². The molecular formula is C29H30F3NO6. The molecule has 3 aromatic rings. The molecule has 5 rings (SSSR count). The van der Waals surface area contributed by atoms with E-state index < -0.39 is 11.7 Å². The highest BCUT2D eigenvalue weighted by Gasteiger charge is 2.35. The molecule has 1 fully saturated rings. The van der Waals surface area contributed by atoms with Crippen molar-refractivity contribution in [3.05, 3.63) is 63.4 Å². The molecule has 7 nitrogen and oxygen atoms in total. The highest BCUT2D eigenvalue weighted by atomic mass is 19.4. The first-order valence-electron chi connectivity index (χ1n) is 12.8. The molecule has 2 aromatic carbocycles. The van der Waals surface area contributed by atoms with Gasteiger partial charge < -0.3 is 28.3 Å². The maximum absolute atomic E-state index is 13.8. The fourth-order valence-electron chi connectivity index (χ4n) is 5.14. The van der Waals surface area contributed by atoms with E-state index >= 15 is 0 Å². The minimum atomic E-state index is -4.58. The van der Waals surface area contributed by atoms with Gasteiger partial charge in [0.2, 0.25) is 0 Å². The van der Waals surface area contributed by atoms with Crippen molar-refractivity contribution in [3.8, 4) is 39.6 Å². The van der Waals surface area contributed by atoms with Crippen molar-refractivity contribution in [2.24, 2.45) is 0 Å². The largest absolute Gasteiger partial charge is 0.496 e. The van der Waals surface area contributed by atoms with E-state index in [1.807, 2.05) is 13.0 Å². The molecule has 0 unspecified atom stereocenters. The van der Waals surface area contributed by atoms with Gasteiger partial charge in [-0.15, -0.1) is 0 Å². The van der Waals surface area contributed by atoms with Gasteiger partial charge in [-0.2, -0.15) is 13.2 Å². The Morgan fingerprint density at radius 2 is 1.85 bits per heavy atom. The third kappa shape index (κ3) is 5.35. The van der Waals surface area contributed by atoms with Crippen LogP contribution < -0.4 is 19.8 Å². The lowest BCUT2D eigenvalue weighted by Gasteiger charge is -2.27. The van der Waals surface area contributed by atoms with Gasteiger partial charge in [-0.3, -0.25) is 4.79 Å². The summed E-state index contributed by atoms with van der Waals surface area (Å²) in [6.07, 6.45) is -4.26. The van der Waals surface area contributed by atoms with E-state index in [1.165, 1.54) is 19.2 Å². The number of methoxy groups -OCH3 is 1. The van der Waals surface area contributed by atoms with E-state index in [1.54, 1.807) is 23.6 Å². The van der Waals surface area contributed by atoms with Gasteiger partial charge in [0.25, 0.3) is 5.56 Å². The van der Waals surface area contributed by atoms with Gasteiger partial charge in [-0.25, -0.2) is 0 Å². The summed E-state index contributed by atoms with van der Waals surface area (Å²) in [4.78, 5) is 13.0. The maximum atomic E-state index is 13.8. The number of ether oxygens (including phenoxy) is 5. The smallest absolute Gasteiger partial charge is 0.419 e. The van der Waals surface area contributed by atoms with Crippen molar-refractivity contribution >= 4 is 0 Å². The van der Waals surface area contributed by atoms with Crippen molar-refractivity contribution in [2.45, 2.75) is 39.1 Å². The van der Waals surface area contributed by atoms with E-state index in [9.17, 15) is 18.0 Å². The second kappa shape index (κ2) is 10.9. The molecule has 0 amide bonds. The van der Waals surface area contributed by atoms with Gasteiger partial charge in [0.1, 0.15) is 30.0 Å². The molecule has 0 aliphatic carbocycles. The standard InChI is InChI=1S/C29H30F3NO6/c1-4-37-24-6-5-18(12-23(24)29(30,31)32)21-11-19-7-8-33-27(34)14-25(39-16-20-15-36-9-10-38-20)17(2)28(33)22(19)13-26(21)35-3/h5-6,11-14,20H,4,7-10,15-16H2,1-3H3/t20-/m0/s1. The average Bonchev–Trinajstić information content (AvgIpc) is 2.93. The Morgan fingerprint density at radius 3 is 2.54 bits per heavy atom. The SMILES string of the molecule is CCOc1ccc(-c2cc3c(cc2OC)-c2c(C)c(OC[C@@H]4COCCO4)cc(=O)n2CC3)cc1C(F)(F)F. The van der Waals surface area contributed by atoms with Crippen LogP contribution in [-0.4, -0.2) is 50.8 Å². The highest BCUT2D eigenvalue weighted by molar-refractivity contribution is 5.81. The number of fused-ring (bicyclic) bond motifs is 3. The van der Waals surface area contributed by atoms with Crippen LogP contribution in [0.4, 0.5) is 13.2 Å². The number of aryl methyl sites for hydroxylation is 1. The minimum Gasteiger partial charge on any atom is -0.496 e. The molecule has 0 radical (unpaired) electrons. The molecule has 1 atom stereocenters. The van der Waals surface area contributed by atoms with Crippen LogP contribution in [0.25, 0.3) is 22.4 Å². The van der Waals surface area contributed by atoms with E-state index in [0.717, 1.165) is 22.8 Å². The molecule has 0 saturated carbocycles. The lowest BCUT2D eigenvalue weighted by molar-refractivity contribution is -0.138. The Labute approximate surface area is 224 Å². The summed E-state index contributed by atoms with van der Waals surface area (Å²) < 4.78 is 71.1. The van der Waals surface area contributed by atoms with Gasteiger partial charge >= 0.3 is 6.18 Å². The second-order valence-electron chi connectivity index (χ2n) is 9.45. The van der Waals surface area contributed by atoms with Crippen molar-refractivity contribution in [2.75, 3.05) is 40.1 Å². The predicted octanol–water partition coefficient (Wildman–Crippen LogP) is 5.27. The zero-order valence-corrected chi connectivity index (χ0v) is 22.0. The first-order chi connectivity index (χ1) is 18.7. The third-order valence-corrected chi connectivity index (χ3v) is 7.01. The molecule has 3 heterocycles. The molecule has 208 valence electrons. The molecule has 39 heavy (non-hydrogen) atoms. The van der Waals surface area contributed by atoms with E-state index in [4.69, 9.17) is 23.7 Å². The fraction of sp³-hybridized carbons (Fsp3) is 0.414. The van der Waals surface area contributed by atoms with Gasteiger partial charge in [0, 0.05) is 29.3 Å². The molecule has 2 aliphatic heterocycles. The van der Waals surface area contributed by atoms with Crippen molar-refractivity contribution < 1.29 is 36.9 Å². The number of benzene rings is 2. The zero-order chi connectivity index (χ0) is 27.7. The first kappa shape index (κ1) is 27.1. The van der Waals surface area contributed by atoms with Crippen LogP contribution in [0.15, 0.2) is 41.2 Å². The topological polar surface area (TPSA) is 68.2 Å². The number of pyridine rings is 1. The molecule has 2 aliphatic rings. The van der Waals surface area contributed by atoms with Crippen molar-refractivity contribution in [1.29, 1.82) is 0 Å². The summed E-state index contributed by atoms with van der Waals surface area (Å²) in [5.74, 6) is 0.635. The van der Waals surface area contributed by atoms with Gasteiger partial charge in [0.05, 0.1) is 44.8 Å². The van der Waals surface area contributed by atoms with Gasteiger partial charge in [0.15, 0.2) is 0 Å². The van der Waals surface area contributed by atoms with Crippen LogP contribution in [0.5, 0.6) is 17.2 Å². The Bertz CT molecular complexity index is 1430. The zero-order valence-electron chi connectivity index (χ0n) is 22.0. The quantitative estimate of drug-likeness (QED) is 0.403. The maximum Gasteiger partial charge on any atom is 0.419 e. The molecule has 0 spiro atoms. The van der Waals surface area contributed by atoms with Crippen LogP contribution in [-0.2, 0) is 28.6 Å². The Morgan fingerprint density at radius 1 is 1.03 bits per heavy atom. The molecule has 1 aromatic heterocycles. The van der Waals surface area contributed by atoms with E-state index in [2.05, 4.69) is 0 Å². The lowest BCUT2D eigenvalue weighted by Crippen LogP contribution is -2.34. The van der Waals surface area contributed by atoms with Gasteiger partial charge in [-0.1, -0.05) is 6.07 Å². The van der Waals surface area contributed by atoms with E-state index in [0.29, 0.717) is 61.1 Å². The number of hydrogen-bond acceptors (Lipinski definition) is 6. The number of hydrogen-bond donors (Lipinski definition) is 0. The summed E-state index contributed by atoms with van der Waals surface area (Å²) >= 11 is 0. The van der Waals surface area contributed by atoms with Crippen LogP contribution in [0.3, 0.4) is 0 Å². The lowest BCUT2D eigenvalue weighted by atomic mass is 9.90. The van der Waals surface area contributed by atoms with Crippen LogP contribution in [0.1, 0.15) is 23.6 Å². The fourth-order valence-corrected chi connectivity index (χ4v) is 5.14. The van der Waals surface area contributed by atoms with Crippen molar-refractivity contribution in [1.82, 2.24) is 4.57 Å². The average molecular weight is 546 g/mol. The third-order valence-electron chi connectivity index (χ3n) is 7.01. The highest BCUT2D eigenvalue weighted by Crippen LogP contribution is 2.44. The van der Waals surface area contributed by atoms with Crippen LogP contribution in [0.2, 0.25) is 0 Å². The summed E-state index contributed by atoms with van der Waals surface area (Å²) in [6, 6.07) is 9.14. The summed E-state index contributed by atoms with van der Waals surface area (Å²) in [6.45, 7) is 5.79. The molecule has 10 heteroatoms. The van der Waals surface area contributed by atoms with Gasteiger partial charge in [-0.05, 0) is 55.7 Å². The number of halogens is 3. The summed E-state index contributed by atoms with van der Waals surface area (Å²) in [5.41, 5.74) is 3.01. The second-order valence-corrected chi connectivity index (χ2v) is 9.45. The number of aromatic nitrogens is 1. The number of nitrogens with zero attached hydrogens (tertiary/aromatic N) is 1. The summed E-state index contributed by atoms with van der Waals surface area (Å²) in [5, 5.41) is 0. The molecular weight excluding hydrogens is 515 g/mol. The number of rotatable bonds is 7.